The third-order valence-electron chi connectivity index (χ3n) is 6.41. The summed E-state index contributed by atoms with van der Waals surface area (Å²) in [4.78, 5) is 28.1. The number of rotatable bonds is 6. The topological polar surface area (TPSA) is 113 Å². The molecule has 0 radical (unpaired) electrons. The summed E-state index contributed by atoms with van der Waals surface area (Å²) in [7, 11) is -3.56. The Morgan fingerprint density at radius 1 is 1.12 bits per heavy atom. The van der Waals surface area contributed by atoms with E-state index in [0.717, 1.165) is 31.6 Å². The summed E-state index contributed by atoms with van der Waals surface area (Å²) in [5.74, 6) is 0.377. The highest BCUT2D eigenvalue weighted by Gasteiger charge is 2.30. The average Bonchev–Trinajstić information content (AvgIpc) is 3.35. The summed E-state index contributed by atoms with van der Waals surface area (Å²) in [5.41, 5.74) is 0.973. The van der Waals surface area contributed by atoms with Gasteiger partial charge in [-0.3, -0.25) is 14.9 Å². The molecular weight excluding hydrogens is 464 g/mol. The summed E-state index contributed by atoms with van der Waals surface area (Å²) >= 11 is 1.17. The van der Waals surface area contributed by atoms with Crippen LogP contribution in [-0.2, 0) is 10.0 Å². The third-order valence-corrected chi connectivity index (χ3v) is 9.33. The van der Waals surface area contributed by atoms with Crippen LogP contribution in [0.4, 0.5) is 11.4 Å². The van der Waals surface area contributed by atoms with Crippen LogP contribution < -0.4 is 9.62 Å². The van der Waals surface area contributed by atoms with Crippen LogP contribution >= 0.6 is 11.3 Å². The number of nitro groups is 1. The summed E-state index contributed by atoms with van der Waals surface area (Å²) in [6.45, 7) is 4.60. The molecule has 1 amide bonds. The highest BCUT2D eigenvalue weighted by atomic mass is 32.2. The van der Waals surface area contributed by atoms with Crippen LogP contribution in [0.15, 0.2) is 39.9 Å². The predicted octanol–water partition coefficient (Wildman–Crippen LogP) is 3.48. The lowest BCUT2D eigenvalue weighted by Crippen LogP contribution is -2.46. The zero-order chi connectivity index (χ0) is 23.6. The Kier molecular flexibility index (Phi) is 7.01. The summed E-state index contributed by atoms with van der Waals surface area (Å²) in [6, 6.07) is 7.52. The van der Waals surface area contributed by atoms with Gasteiger partial charge in [-0.15, -0.1) is 11.3 Å². The highest BCUT2D eigenvalue weighted by molar-refractivity contribution is 7.91. The minimum Gasteiger partial charge on any atom is -0.371 e. The Morgan fingerprint density at radius 3 is 2.42 bits per heavy atom. The molecule has 9 nitrogen and oxygen atoms in total. The first-order valence-corrected chi connectivity index (χ1v) is 13.5. The number of carbonyl (C=O) groups excluding carboxylic acids is 1. The number of nitrogens with one attached hydrogen (secondary N) is 1. The van der Waals surface area contributed by atoms with E-state index >= 15 is 0 Å². The molecule has 2 fully saturated rings. The van der Waals surface area contributed by atoms with Crippen molar-refractivity contribution in [3.05, 3.63) is 51.4 Å². The molecule has 0 atom stereocenters. The smallest absolute Gasteiger partial charge is 0.270 e. The molecule has 2 saturated heterocycles. The first-order valence-electron chi connectivity index (χ1n) is 11.1. The van der Waals surface area contributed by atoms with Crippen LogP contribution in [0.25, 0.3) is 0 Å². The van der Waals surface area contributed by atoms with Crippen molar-refractivity contribution in [2.45, 2.75) is 42.9 Å². The standard InChI is InChI=1S/C22H28N4O5S2/c1-16-6-10-24(11-7-16)20-5-4-18(26(28)29)15-19(20)22(27)25-12-8-17(9-13-25)23-33(30,31)21-3-2-14-32-21/h2-5,14-17,23H,6-13H2,1H3. The van der Waals surface area contributed by atoms with Gasteiger partial charge in [0.15, 0.2) is 0 Å². The molecule has 11 heteroatoms. The van der Waals surface area contributed by atoms with E-state index in [4.69, 9.17) is 0 Å². The minimum atomic E-state index is -3.56. The van der Waals surface area contributed by atoms with Crippen molar-refractivity contribution in [1.82, 2.24) is 9.62 Å². The molecule has 0 saturated carbocycles. The predicted molar refractivity (Wildman–Crippen MR) is 127 cm³/mol. The SMILES string of the molecule is CC1CCN(c2ccc([N+](=O)[O-])cc2C(=O)N2CCC(NS(=O)(=O)c3cccs3)CC2)CC1. The van der Waals surface area contributed by atoms with Crippen LogP contribution in [0.2, 0.25) is 0 Å². The van der Waals surface area contributed by atoms with Crippen LogP contribution in [-0.4, -0.2) is 56.4 Å². The van der Waals surface area contributed by atoms with Gasteiger partial charge in [-0.05, 0) is 49.1 Å². The van der Waals surface area contributed by atoms with Crippen LogP contribution in [0.5, 0.6) is 0 Å². The average molecular weight is 493 g/mol. The Hall–Kier alpha value is -2.50. The van der Waals surface area contributed by atoms with Gasteiger partial charge in [0.2, 0.25) is 10.0 Å². The number of amides is 1. The first-order chi connectivity index (χ1) is 15.7. The van der Waals surface area contributed by atoms with E-state index in [1.807, 2.05) is 0 Å². The Bertz CT molecular complexity index is 1100. The molecule has 2 aliphatic heterocycles. The quantitative estimate of drug-likeness (QED) is 0.488. The highest BCUT2D eigenvalue weighted by Crippen LogP contribution is 2.31. The zero-order valence-corrected chi connectivity index (χ0v) is 20.1. The van der Waals surface area contributed by atoms with E-state index in [0.29, 0.717) is 37.4 Å². The lowest BCUT2D eigenvalue weighted by Gasteiger charge is -2.35. The van der Waals surface area contributed by atoms with Crippen LogP contribution in [0.3, 0.4) is 0 Å². The molecule has 1 aromatic carbocycles. The lowest BCUT2D eigenvalue weighted by molar-refractivity contribution is -0.384. The maximum Gasteiger partial charge on any atom is 0.270 e. The monoisotopic (exact) mass is 492 g/mol. The van der Waals surface area contributed by atoms with Crippen molar-refractivity contribution < 1.29 is 18.1 Å². The fraction of sp³-hybridized carbons (Fsp3) is 0.500. The summed E-state index contributed by atoms with van der Waals surface area (Å²) in [5, 5.41) is 13.1. The van der Waals surface area contributed by atoms with Crippen molar-refractivity contribution in [2.75, 3.05) is 31.1 Å². The second kappa shape index (κ2) is 9.78. The van der Waals surface area contributed by atoms with Crippen LogP contribution in [0.1, 0.15) is 43.0 Å². The molecule has 2 aliphatic rings. The number of piperidine rings is 2. The van der Waals surface area contributed by atoms with E-state index in [9.17, 15) is 23.3 Å². The minimum absolute atomic E-state index is 0.105. The molecule has 3 heterocycles. The van der Waals surface area contributed by atoms with E-state index < -0.39 is 14.9 Å². The van der Waals surface area contributed by atoms with Crippen molar-refractivity contribution in [1.29, 1.82) is 0 Å². The van der Waals surface area contributed by atoms with Gasteiger partial charge in [0.1, 0.15) is 4.21 Å². The second-order valence-electron chi connectivity index (χ2n) is 8.75. The fourth-order valence-corrected chi connectivity index (χ4v) is 6.71. The molecule has 4 rings (SSSR count). The number of hydrogen-bond acceptors (Lipinski definition) is 7. The number of sulfonamides is 1. The van der Waals surface area contributed by atoms with Gasteiger partial charge in [0.25, 0.3) is 11.6 Å². The van der Waals surface area contributed by atoms with Gasteiger partial charge >= 0.3 is 0 Å². The number of carbonyl (C=O) groups is 1. The number of benzene rings is 1. The van der Waals surface area contributed by atoms with E-state index in [2.05, 4.69) is 16.5 Å². The number of nitrogens with zero attached hydrogens (tertiary/aromatic N) is 3. The maximum atomic E-state index is 13.4. The van der Waals surface area contributed by atoms with Crippen molar-refractivity contribution in [3.63, 3.8) is 0 Å². The van der Waals surface area contributed by atoms with E-state index in [1.54, 1.807) is 28.5 Å². The van der Waals surface area contributed by atoms with Gasteiger partial charge in [0.05, 0.1) is 16.2 Å². The molecule has 178 valence electrons. The normalized spacial score (nSPS) is 18.5. The number of non-ortho nitro benzene ring substituents is 1. The third kappa shape index (κ3) is 5.36. The number of likely N-dealkylation sites (tertiary alicyclic amines) is 1. The molecule has 0 spiro atoms. The number of hydrogen-bond donors (Lipinski definition) is 1. The number of thiophene rings is 1. The Balaban J connectivity index is 1.47. The summed E-state index contributed by atoms with van der Waals surface area (Å²) < 4.78 is 28.0. The summed E-state index contributed by atoms with van der Waals surface area (Å²) in [6.07, 6.45) is 3.00. The first kappa shape index (κ1) is 23.7. The number of anilines is 1. The number of nitro benzene ring substituents is 1. The van der Waals surface area contributed by atoms with Crippen molar-refractivity contribution in [3.8, 4) is 0 Å². The van der Waals surface area contributed by atoms with E-state index in [-0.39, 0.29) is 21.8 Å². The zero-order valence-electron chi connectivity index (χ0n) is 18.5. The molecule has 2 aromatic rings. The second-order valence-corrected chi connectivity index (χ2v) is 11.6. The van der Waals surface area contributed by atoms with Gasteiger partial charge in [-0.25, -0.2) is 13.1 Å². The molecule has 0 unspecified atom stereocenters. The van der Waals surface area contributed by atoms with Gasteiger partial charge in [0, 0.05) is 44.4 Å². The van der Waals surface area contributed by atoms with Gasteiger partial charge in [-0.1, -0.05) is 13.0 Å². The molecular formula is C22H28N4O5S2. The molecule has 1 N–H and O–H groups in total. The van der Waals surface area contributed by atoms with Gasteiger partial charge in [-0.2, -0.15) is 0 Å². The largest absolute Gasteiger partial charge is 0.371 e. The molecule has 33 heavy (non-hydrogen) atoms. The van der Waals surface area contributed by atoms with Crippen LogP contribution in [0, 0.1) is 16.0 Å². The van der Waals surface area contributed by atoms with Crippen molar-refractivity contribution in [2.24, 2.45) is 5.92 Å². The van der Waals surface area contributed by atoms with E-state index in [1.165, 1.54) is 23.5 Å². The molecule has 0 aliphatic carbocycles. The van der Waals surface area contributed by atoms with Gasteiger partial charge < -0.3 is 9.80 Å². The molecule has 0 bridgehead atoms. The lowest BCUT2D eigenvalue weighted by atomic mass is 9.97. The van der Waals surface area contributed by atoms with Crippen molar-refractivity contribution >= 4 is 38.6 Å². The fourth-order valence-electron chi connectivity index (χ4n) is 4.40. The maximum absolute atomic E-state index is 13.4. The Labute approximate surface area is 197 Å². The Morgan fingerprint density at radius 2 is 1.82 bits per heavy atom. The molecule has 1 aromatic heterocycles.